The van der Waals surface area contributed by atoms with Crippen molar-refractivity contribution in [2.75, 3.05) is 25.2 Å². The molecule has 0 radical (unpaired) electrons. The lowest BCUT2D eigenvalue weighted by Crippen LogP contribution is -2.18. The number of aliphatic hydroxyl groups is 1. The molecule has 0 spiro atoms. The van der Waals surface area contributed by atoms with Crippen LogP contribution < -0.4 is 10.5 Å². The standard InChI is InChI=1S/C23H26ClN3O3S/c1-3-20-21(16-6-8-17(24)9-7-16)22(25)27-23(26-20)31-14-18(28)13-30-12-15-4-10-19(29-2)11-5-15/h4-11,18,28H,3,12-14H2,1-2H3,(H2,25,26,27)/t18-/m1/s1. The summed E-state index contributed by atoms with van der Waals surface area (Å²) in [5, 5.41) is 11.5. The molecule has 0 saturated carbocycles. The number of nitrogen functional groups attached to an aromatic ring is 1. The van der Waals surface area contributed by atoms with Gasteiger partial charge in [-0.05, 0) is 41.8 Å². The van der Waals surface area contributed by atoms with E-state index in [0.717, 1.165) is 28.1 Å². The van der Waals surface area contributed by atoms with Crippen LogP contribution >= 0.6 is 23.4 Å². The summed E-state index contributed by atoms with van der Waals surface area (Å²) in [5.74, 6) is 1.63. The fourth-order valence-electron chi connectivity index (χ4n) is 3.01. The van der Waals surface area contributed by atoms with Crippen molar-refractivity contribution in [1.82, 2.24) is 9.97 Å². The van der Waals surface area contributed by atoms with Crippen molar-refractivity contribution >= 4 is 29.2 Å². The van der Waals surface area contributed by atoms with Crippen LogP contribution in [-0.4, -0.2) is 40.6 Å². The van der Waals surface area contributed by atoms with Crippen molar-refractivity contribution in [3.05, 3.63) is 64.8 Å². The second-order valence-electron chi connectivity index (χ2n) is 6.90. The first-order chi connectivity index (χ1) is 15.0. The smallest absolute Gasteiger partial charge is 0.189 e. The van der Waals surface area contributed by atoms with E-state index in [2.05, 4.69) is 9.97 Å². The van der Waals surface area contributed by atoms with Crippen molar-refractivity contribution in [3.8, 4) is 16.9 Å². The van der Waals surface area contributed by atoms with Gasteiger partial charge in [-0.1, -0.05) is 54.6 Å². The van der Waals surface area contributed by atoms with Gasteiger partial charge in [0.1, 0.15) is 11.6 Å². The number of nitrogens with zero attached hydrogens (tertiary/aromatic N) is 2. The summed E-state index contributed by atoms with van der Waals surface area (Å²) in [4.78, 5) is 9.07. The summed E-state index contributed by atoms with van der Waals surface area (Å²) < 4.78 is 10.8. The highest BCUT2D eigenvalue weighted by Crippen LogP contribution is 2.31. The summed E-state index contributed by atoms with van der Waals surface area (Å²) in [7, 11) is 1.63. The minimum atomic E-state index is -0.644. The number of halogens is 1. The molecule has 3 rings (SSSR count). The molecule has 0 aliphatic carbocycles. The van der Waals surface area contributed by atoms with Crippen LogP contribution in [0.3, 0.4) is 0 Å². The molecule has 1 aromatic heterocycles. The van der Waals surface area contributed by atoms with Crippen LogP contribution in [0.1, 0.15) is 18.2 Å². The van der Waals surface area contributed by atoms with Crippen LogP contribution in [0, 0.1) is 0 Å². The molecule has 0 saturated heterocycles. The molecule has 0 aliphatic heterocycles. The highest BCUT2D eigenvalue weighted by atomic mass is 35.5. The molecule has 1 heterocycles. The van der Waals surface area contributed by atoms with Crippen molar-refractivity contribution in [2.45, 2.75) is 31.2 Å². The molecule has 0 unspecified atom stereocenters. The monoisotopic (exact) mass is 459 g/mol. The largest absolute Gasteiger partial charge is 0.497 e. The lowest BCUT2D eigenvalue weighted by Gasteiger charge is -2.14. The Morgan fingerprint density at radius 1 is 1.10 bits per heavy atom. The summed E-state index contributed by atoms with van der Waals surface area (Å²) in [5.41, 5.74) is 9.88. The Morgan fingerprint density at radius 2 is 1.81 bits per heavy atom. The number of ether oxygens (including phenoxy) is 2. The first-order valence-electron chi connectivity index (χ1n) is 9.94. The number of rotatable bonds is 10. The fourth-order valence-corrected chi connectivity index (χ4v) is 3.91. The highest BCUT2D eigenvalue weighted by molar-refractivity contribution is 7.99. The van der Waals surface area contributed by atoms with E-state index in [-0.39, 0.29) is 6.61 Å². The number of aliphatic hydroxyl groups excluding tert-OH is 1. The van der Waals surface area contributed by atoms with Crippen LogP contribution in [-0.2, 0) is 17.8 Å². The van der Waals surface area contributed by atoms with Crippen molar-refractivity contribution in [1.29, 1.82) is 0 Å². The van der Waals surface area contributed by atoms with E-state index in [0.29, 0.717) is 34.8 Å². The van der Waals surface area contributed by atoms with Crippen LogP contribution in [0.15, 0.2) is 53.7 Å². The summed E-state index contributed by atoms with van der Waals surface area (Å²) in [6.45, 7) is 2.67. The van der Waals surface area contributed by atoms with Crippen LogP contribution in [0.2, 0.25) is 5.02 Å². The van der Waals surface area contributed by atoms with Gasteiger partial charge in [0.2, 0.25) is 0 Å². The molecule has 0 aliphatic rings. The lowest BCUT2D eigenvalue weighted by molar-refractivity contribution is 0.0397. The lowest BCUT2D eigenvalue weighted by atomic mass is 10.0. The molecule has 31 heavy (non-hydrogen) atoms. The second-order valence-corrected chi connectivity index (χ2v) is 8.33. The average Bonchev–Trinajstić information content (AvgIpc) is 2.78. The Labute approximate surface area is 191 Å². The number of methoxy groups -OCH3 is 1. The highest BCUT2D eigenvalue weighted by Gasteiger charge is 2.15. The Bertz CT molecular complexity index is 985. The predicted molar refractivity (Wildman–Crippen MR) is 126 cm³/mol. The number of nitrogens with two attached hydrogens (primary N) is 1. The molecular weight excluding hydrogens is 434 g/mol. The third-order valence-corrected chi connectivity index (χ3v) is 5.85. The fraction of sp³-hybridized carbons (Fsp3) is 0.304. The number of hydrogen-bond acceptors (Lipinski definition) is 7. The maximum atomic E-state index is 10.3. The maximum absolute atomic E-state index is 10.3. The minimum Gasteiger partial charge on any atom is -0.497 e. The topological polar surface area (TPSA) is 90.5 Å². The van der Waals surface area contributed by atoms with Gasteiger partial charge in [0.05, 0.1) is 32.1 Å². The molecule has 6 nitrogen and oxygen atoms in total. The summed E-state index contributed by atoms with van der Waals surface area (Å²) in [6, 6.07) is 15.1. The zero-order valence-electron chi connectivity index (χ0n) is 17.5. The molecule has 0 fully saturated rings. The number of aryl methyl sites for hydroxylation is 1. The second kappa shape index (κ2) is 11.3. The molecule has 2 aromatic carbocycles. The molecule has 0 amide bonds. The van der Waals surface area contributed by atoms with Gasteiger partial charge in [0.25, 0.3) is 0 Å². The minimum absolute atomic E-state index is 0.220. The van der Waals surface area contributed by atoms with Crippen LogP contribution in [0.4, 0.5) is 5.82 Å². The maximum Gasteiger partial charge on any atom is 0.189 e. The Hall–Kier alpha value is -2.32. The first kappa shape index (κ1) is 23.3. The van der Waals surface area contributed by atoms with Gasteiger partial charge in [-0.2, -0.15) is 0 Å². The van der Waals surface area contributed by atoms with E-state index in [9.17, 15) is 5.11 Å². The summed E-state index contributed by atoms with van der Waals surface area (Å²) in [6.07, 6.45) is 0.0697. The van der Waals surface area contributed by atoms with Crippen molar-refractivity contribution in [2.24, 2.45) is 0 Å². The van der Waals surface area contributed by atoms with E-state index in [4.69, 9.17) is 26.8 Å². The Balaban J connectivity index is 1.55. The number of benzene rings is 2. The quantitative estimate of drug-likeness (QED) is 0.337. The van der Waals surface area contributed by atoms with Gasteiger partial charge >= 0.3 is 0 Å². The van der Waals surface area contributed by atoms with Crippen LogP contribution in [0.25, 0.3) is 11.1 Å². The first-order valence-corrected chi connectivity index (χ1v) is 11.3. The molecule has 1 atom stereocenters. The Kier molecular flexibility index (Phi) is 8.54. The van der Waals surface area contributed by atoms with Gasteiger partial charge in [0, 0.05) is 16.3 Å². The van der Waals surface area contributed by atoms with E-state index in [1.165, 1.54) is 11.8 Å². The number of aromatic nitrogens is 2. The third kappa shape index (κ3) is 6.58. The molecule has 0 bridgehead atoms. The van der Waals surface area contributed by atoms with E-state index in [1.807, 2.05) is 55.5 Å². The normalized spacial score (nSPS) is 12.0. The zero-order chi connectivity index (χ0) is 22.2. The van der Waals surface area contributed by atoms with Gasteiger partial charge in [-0.3, -0.25) is 0 Å². The van der Waals surface area contributed by atoms with Gasteiger partial charge in [0.15, 0.2) is 5.16 Å². The van der Waals surface area contributed by atoms with Gasteiger partial charge in [-0.15, -0.1) is 0 Å². The van der Waals surface area contributed by atoms with E-state index in [1.54, 1.807) is 7.11 Å². The molecule has 164 valence electrons. The van der Waals surface area contributed by atoms with Gasteiger partial charge in [-0.25, -0.2) is 9.97 Å². The average molecular weight is 460 g/mol. The molecule has 8 heteroatoms. The number of thioether (sulfide) groups is 1. The zero-order valence-corrected chi connectivity index (χ0v) is 19.1. The number of hydrogen-bond donors (Lipinski definition) is 2. The molecule has 3 aromatic rings. The molecular formula is C23H26ClN3O3S. The Morgan fingerprint density at radius 3 is 2.45 bits per heavy atom. The third-order valence-electron chi connectivity index (χ3n) is 4.60. The van der Waals surface area contributed by atoms with Gasteiger partial charge < -0.3 is 20.3 Å². The van der Waals surface area contributed by atoms with E-state index >= 15 is 0 Å². The SMILES string of the molecule is CCc1nc(SC[C@H](O)COCc2ccc(OC)cc2)nc(N)c1-c1ccc(Cl)cc1. The van der Waals surface area contributed by atoms with Crippen molar-refractivity contribution < 1.29 is 14.6 Å². The predicted octanol–water partition coefficient (Wildman–Crippen LogP) is 4.62. The van der Waals surface area contributed by atoms with E-state index < -0.39 is 6.10 Å². The molecule has 3 N–H and O–H groups in total. The van der Waals surface area contributed by atoms with Crippen LogP contribution in [0.5, 0.6) is 5.75 Å². The summed E-state index contributed by atoms with van der Waals surface area (Å²) >= 11 is 7.35. The number of anilines is 1. The van der Waals surface area contributed by atoms with Crippen molar-refractivity contribution in [3.63, 3.8) is 0 Å².